The van der Waals surface area contributed by atoms with Crippen molar-refractivity contribution in [2.75, 3.05) is 25.2 Å². The van der Waals surface area contributed by atoms with Crippen molar-refractivity contribution in [1.82, 2.24) is 9.38 Å². The molecule has 0 atom stereocenters. The Morgan fingerprint density at radius 2 is 1.84 bits per heavy atom. The molecule has 0 aliphatic carbocycles. The van der Waals surface area contributed by atoms with Crippen molar-refractivity contribution in [3.8, 4) is 17.0 Å². The molecule has 2 heterocycles. The Labute approximate surface area is 195 Å². The standard InChI is InChI=1S/C24H20Cl2FN3O2/c1-29(18-5-3-2-4-6-18)22(31)14-21-23(16-7-9-19(10-8-16)32-12-11-27)28-24-20(26)13-17(25)15-30(21)24/h2-10,13,15H,11-12,14H2,1H3. The number of likely N-dealkylation sites (N-methyl/N-ethyl adjacent to an activating group) is 1. The Kier molecular flexibility index (Phi) is 6.63. The highest BCUT2D eigenvalue weighted by atomic mass is 35.5. The third kappa shape index (κ3) is 4.56. The van der Waals surface area contributed by atoms with Gasteiger partial charge in [0, 0.05) is 24.5 Å². The summed E-state index contributed by atoms with van der Waals surface area (Å²) in [5.41, 5.74) is 3.35. The van der Waals surface area contributed by atoms with E-state index in [1.807, 2.05) is 42.5 Å². The van der Waals surface area contributed by atoms with Gasteiger partial charge in [-0.2, -0.15) is 0 Å². The number of fused-ring (bicyclic) bond motifs is 1. The molecule has 0 radical (unpaired) electrons. The molecule has 0 fully saturated rings. The van der Waals surface area contributed by atoms with Crippen molar-refractivity contribution >= 4 is 40.4 Å². The van der Waals surface area contributed by atoms with Gasteiger partial charge in [-0.1, -0.05) is 41.4 Å². The van der Waals surface area contributed by atoms with Crippen molar-refractivity contribution in [3.05, 3.63) is 82.6 Å². The van der Waals surface area contributed by atoms with Crippen molar-refractivity contribution in [2.45, 2.75) is 6.42 Å². The molecule has 4 rings (SSSR count). The zero-order valence-electron chi connectivity index (χ0n) is 17.3. The number of nitrogens with zero attached hydrogens (tertiary/aromatic N) is 3. The maximum absolute atomic E-state index is 13.1. The Bertz CT molecular complexity index is 1240. The molecule has 2 aromatic heterocycles. The molecule has 2 aromatic carbocycles. The topological polar surface area (TPSA) is 46.8 Å². The summed E-state index contributed by atoms with van der Waals surface area (Å²) in [5, 5.41) is 0.822. The van der Waals surface area contributed by atoms with E-state index in [1.54, 1.807) is 40.7 Å². The van der Waals surface area contributed by atoms with Crippen molar-refractivity contribution in [2.24, 2.45) is 0 Å². The van der Waals surface area contributed by atoms with E-state index in [9.17, 15) is 9.18 Å². The number of pyridine rings is 1. The first-order valence-corrected chi connectivity index (χ1v) is 10.7. The SMILES string of the molecule is CN(C(=O)Cc1c(-c2ccc(OCCF)cc2)nc2c(Cl)cc(Cl)cn12)c1ccccc1. The summed E-state index contributed by atoms with van der Waals surface area (Å²) in [4.78, 5) is 19.4. The monoisotopic (exact) mass is 471 g/mol. The molecule has 164 valence electrons. The number of halogens is 3. The summed E-state index contributed by atoms with van der Waals surface area (Å²) < 4.78 is 19.4. The summed E-state index contributed by atoms with van der Waals surface area (Å²) in [7, 11) is 1.73. The summed E-state index contributed by atoms with van der Waals surface area (Å²) >= 11 is 12.6. The average molecular weight is 472 g/mol. The minimum absolute atomic E-state index is 0.00656. The Balaban J connectivity index is 1.75. The maximum Gasteiger partial charge on any atom is 0.232 e. The Hall–Kier alpha value is -3.09. The van der Waals surface area contributed by atoms with Crippen LogP contribution >= 0.6 is 23.2 Å². The third-order valence-corrected chi connectivity index (χ3v) is 5.54. The highest BCUT2D eigenvalue weighted by molar-refractivity contribution is 6.36. The molecule has 0 spiro atoms. The predicted octanol–water partition coefficient (Wildman–Crippen LogP) is 5.86. The van der Waals surface area contributed by atoms with Gasteiger partial charge in [-0.15, -0.1) is 0 Å². The van der Waals surface area contributed by atoms with Crippen LogP contribution in [-0.4, -0.2) is 35.6 Å². The molecule has 0 aliphatic rings. The quantitative estimate of drug-likeness (QED) is 0.339. The molecule has 1 amide bonds. The lowest BCUT2D eigenvalue weighted by atomic mass is 10.1. The number of alkyl halides is 1. The third-order valence-electron chi connectivity index (χ3n) is 5.05. The molecular formula is C24H20Cl2FN3O2. The number of benzene rings is 2. The summed E-state index contributed by atoms with van der Waals surface area (Å²) in [6.07, 6.45) is 1.78. The number of hydrogen-bond donors (Lipinski definition) is 0. The zero-order chi connectivity index (χ0) is 22.7. The van der Waals surface area contributed by atoms with Crippen LogP contribution in [0.2, 0.25) is 10.0 Å². The maximum atomic E-state index is 13.1. The van der Waals surface area contributed by atoms with Gasteiger partial charge < -0.3 is 14.0 Å². The number of ether oxygens (including phenoxy) is 1. The average Bonchev–Trinajstić information content (AvgIpc) is 3.16. The molecule has 0 saturated heterocycles. The number of carbonyl (C=O) groups excluding carboxylic acids is 1. The van der Waals surface area contributed by atoms with E-state index in [0.717, 1.165) is 11.3 Å². The summed E-state index contributed by atoms with van der Waals surface area (Å²) in [6, 6.07) is 18.1. The lowest BCUT2D eigenvalue weighted by Crippen LogP contribution is -2.28. The fourth-order valence-corrected chi connectivity index (χ4v) is 3.96. The fourth-order valence-electron chi connectivity index (χ4n) is 3.44. The van der Waals surface area contributed by atoms with E-state index < -0.39 is 6.67 Å². The zero-order valence-corrected chi connectivity index (χ0v) is 18.8. The van der Waals surface area contributed by atoms with Gasteiger partial charge in [-0.3, -0.25) is 4.79 Å². The van der Waals surface area contributed by atoms with Gasteiger partial charge in [-0.25, -0.2) is 9.37 Å². The lowest BCUT2D eigenvalue weighted by molar-refractivity contribution is -0.117. The number of aromatic nitrogens is 2. The Morgan fingerprint density at radius 3 is 2.53 bits per heavy atom. The van der Waals surface area contributed by atoms with Crippen LogP contribution in [0.25, 0.3) is 16.9 Å². The Morgan fingerprint density at radius 1 is 1.12 bits per heavy atom. The van der Waals surface area contributed by atoms with Crippen molar-refractivity contribution in [1.29, 1.82) is 0 Å². The van der Waals surface area contributed by atoms with Crippen LogP contribution in [0.3, 0.4) is 0 Å². The molecule has 4 aromatic rings. The predicted molar refractivity (Wildman–Crippen MR) is 126 cm³/mol. The summed E-state index contributed by atoms with van der Waals surface area (Å²) in [5.74, 6) is 0.441. The van der Waals surface area contributed by atoms with Gasteiger partial charge in [0.05, 0.1) is 27.9 Å². The van der Waals surface area contributed by atoms with Crippen LogP contribution in [0.5, 0.6) is 5.75 Å². The van der Waals surface area contributed by atoms with Crippen LogP contribution in [0.4, 0.5) is 10.1 Å². The second-order valence-corrected chi connectivity index (χ2v) is 7.98. The molecule has 0 unspecified atom stereocenters. The molecule has 32 heavy (non-hydrogen) atoms. The first kappa shape index (κ1) is 22.1. The van der Waals surface area contributed by atoms with E-state index >= 15 is 0 Å². The molecule has 0 N–H and O–H groups in total. The highest BCUT2D eigenvalue weighted by Crippen LogP contribution is 2.31. The number of carbonyl (C=O) groups is 1. The van der Waals surface area contributed by atoms with Crippen LogP contribution in [0, 0.1) is 0 Å². The molecular weight excluding hydrogens is 452 g/mol. The minimum atomic E-state index is -0.561. The van der Waals surface area contributed by atoms with E-state index in [0.29, 0.717) is 32.8 Å². The second-order valence-electron chi connectivity index (χ2n) is 7.13. The lowest BCUT2D eigenvalue weighted by Gasteiger charge is -2.17. The van der Waals surface area contributed by atoms with E-state index in [-0.39, 0.29) is 18.9 Å². The molecule has 5 nitrogen and oxygen atoms in total. The van der Waals surface area contributed by atoms with Gasteiger partial charge in [0.25, 0.3) is 0 Å². The van der Waals surface area contributed by atoms with Gasteiger partial charge >= 0.3 is 0 Å². The minimum Gasteiger partial charge on any atom is -0.491 e. The highest BCUT2D eigenvalue weighted by Gasteiger charge is 2.21. The number of para-hydroxylation sites is 1. The van der Waals surface area contributed by atoms with E-state index in [1.165, 1.54) is 0 Å². The van der Waals surface area contributed by atoms with Crippen molar-refractivity contribution in [3.63, 3.8) is 0 Å². The van der Waals surface area contributed by atoms with Gasteiger partial charge in [0.2, 0.25) is 5.91 Å². The first-order chi connectivity index (χ1) is 15.5. The summed E-state index contributed by atoms with van der Waals surface area (Å²) in [6.45, 7) is -0.567. The fraction of sp³-hybridized carbons (Fsp3) is 0.167. The van der Waals surface area contributed by atoms with Crippen LogP contribution in [0.1, 0.15) is 5.69 Å². The van der Waals surface area contributed by atoms with E-state index in [4.69, 9.17) is 32.9 Å². The van der Waals surface area contributed by atoms with Crippen LogP contribution in [0.15, 0.2) is 66.9 Å². The largest absolute Gasteiger partial charge is 0.491 e. The molecule has 0 aliphatic heterocycles. The smallest absolute Gasteiger partial charge is 0.232 e. The van der Waals surface area contributed by atoms with Gasteiger partial charge in [0.15, 0.2) is 5.65 Å². The van der Waals surface area contributed by atoms with Gasteiger partial charge in [0.1, 0.15) is 19.0 Å². The first-order valence-electron chi connectivity index (χ1n) is 9.94. The number of hydrogen-bond acceptors (Lipinski definition) is 3. The number of rotatable bonds is 7. The molecule has 0 saturated carbocycles. The van der Waals surface area contributed by atoms with E-state index in [2.05, 4.69) is 0 Å². The van der Waals surface area contributed by atoms with Gasteiger partial charge in [-0.05, 0) is 42.5 Å². The van der Waals surface area contributed by atoms with Crippen LogP contribution < -0.4 is 9.64 Å². The molecule has 8 heteroatoms. The van der Waals surface area contributed by atoms with Crippen LogP contribution in [-0.2, 0) is 11.2 Å². The number of amides is 1. The second kappa shape index (κ2) is 9.59. The number of anilines is 1. The normalized spacial score (nSPS) is 11.0. The molecule has 0 bridgehead atoms. The number of imidazole rings is 1. The van der Waals surface area contributed by atoms with Crippen molar-refractivity contribution < 1.29 is 13.9 Å².